The Balaban J connectivity index is 2.07. The van der Waals surface area contributed by atoms with E-state index in [1.807, 2.05) is 44.3 Å². The quantitative estimate of drug-likeness (QED) is 0.521. The van der Waals surface area contributed by atoms with Crippen LogP contribution in [0.3, 0.4) is 0 Å². The minimum atomic E-state index is -3.19. The first kappa shape index (κ1) is 23.0. The van der Waals surface area contributed by atoms with Gasteiger partial charge in [0.15, 0.2) is 0 Å². The Morgan fingerprint density at radius 1 is 1.23 bits per heavy atom. The van der Waals surface area contributed by atoms with E-state index in [0.29, 0.717) is 17.5 Å². The topological polar surface area (TPSA) is 81.5 Å². The highest BCUT2D eigenvalue weighted by atomic mass is 32.2. The fraction of sp³-hybridized carbons (Fsp3) is 0.364. The number of hydrogen-bond donors (Lipinski definition) is 1. The lowest BCUT2D eigenvalue weighted by molar-refractivity contribution is 0.183. The highest BCUT2D eigenvalue weighted by Gasteiger charge is 2.28. The molecule has 1 amide bonds. The summed E-state index contributed by atoms with van der Waals surface area (Å²) >= 11 is 1.33. The van der Waals surface area contributed by atoms with Crippen molar-refractivity contribution in [3.63, 3.8) is 0 Å². The van der Waals surface area contributed by atoms with E-state index >= 15 is 0 Å². The lowest BCUT2D eigenvalue weighted by atomic mass is 9.99. The molecule has 0 saturated heterocycles. The SMILES string of the molecule is COC(=O)N(c1sc(CC(C)C)c(C)c1-c1ccc(Cn2ccnc2C)cc1)[SH](=O)=O. The fourth-order valence-corrected chi connectivity index (χ4v) is 5.68. The molecule has 0 bridgehead atoms. The summed E-state index contributed by atoms with van der Waals surface area (Å²) in [6, 6.07) is 7.95. The second kappa shape index (κ2) is 9.65. The van der Waals surface area contributed by atoms with Crippen LogP contribution in [0.1, 0.15) is 35.7 Å². The van der Waals surface area contributed by atoms with Crippen LogP contribution in [-0.4, -0.2) is 31.2 Å². The zero-order valence-electron chi connectivity index (χ0n) is 18.3. The van der Waals surface area contributed by atoms with Gasteiger partial charge in [0.2, 0.25) is 10.9 Å². The molecule has 9 heteroatoms. The van der Waals surface area contributed by atoms with Gasteiger partial charge < -0.3 is 9.30 Å². The molecule has 0 aliphatic carbocycles. The van der Waals surface area contributed by atoms with Crippen LogP contribution in [0.5, 0.6) is 0 Å². The van der Waals surface area contributed by atoms with Crippen molar-refractivity contribution in [2.24, 2.45) is 5.92 Å². The molecule has 0 fully saturated rings. The van der Waals surface area contributed by atoms with Crippen LogP contribution in [-0.2, 0) is 28.6 Å². The van der Waals surface area contributed by atoms with Crippen molar-refractivity contribution in [1.82, 2.24) is 9.55 Å². The van der Waals surface area contributed by atoms with Crippen LogP contribution in [0.25, 0.3) is 11.1 Å². The third-order valence-corrected chi connectivity index (χ3v) is 7.17. The molecule has 7 nitrogen and oxygen atoms in total. The van der Waals surface area contributed by atoms with E-state index in [0.717, 1.165) is 43.7 Å². The van der Waals surface area contributed by atoms with Gasteiger partial charge in [-0.2, -0.15) is 4.31 Å². The highest BCUT2D eigenvalue weighted by Crippen LogP contribution is 2.44. The number of imidazole rings is 1. The van der Waals surface area contributed by atoms with Gasteiger partial charge in [0.25, 0.3) is 0 Å². The van der Waals surface area contributed by atoms with Gasteiger partial charge in [0, 0.05) is 29.4 Å². The predicted molar refractivity (Wildman–Crippen MR) is 124 cm³/mol. The molecule has 2 heterocycles. The molecule has 3 rings (SSSR count). The molecule has 0 radical (unpaired) electrons. The monoisotopic (exact) mass is 461 g/mol. The third kappa shape index (κ3) is 4.99. The number of thiophene rings is 1. The minimum absolute atomic E-state index is 0.370. The van der Waals surface area contributed by atoms with E-state index in [1.165, 1.54) is 18.4 Å². The molecule has 31 heavy (non-hydrogen) atoms. The number of nitrogens with zero attached hydrogens (tertiary/aromatic N) is 3. The second-order valence-corrected chi connectivity index (χ2v) is 9.71. The molecule has 0 saturated carbocycles. The highest BCUT2D eigenvalue weighted by molar-refractivity contribution is 7.75. The lowest BCUT2D eigenvalue weighted by Crippen LogP contribution is -2.28. The number of anilines is 1. The van der Waals surface area contributed by atoms with E-state index in [-0.39, 0.29) is 0 Å². The van der Waals surface area contributed by atoms with Crippen molar-refractivity contribution in [1.29, 1.82) is 0 Å². The van der Waals surface area contributed by atoms with Gasteiger partial charge in [0.05, 0.1) is 7.11 Å². The van der Waals surface area contributed by atoms with Crippen molar-refractivity contribution in [3.05, 3.63) is 58.5 Å². The summed E-state index contributed by atoms with van der Waals surface area (Å²) in [5.41, 5.74) is 3.69. The summed E-state index contributed by atoms with van der Waals surface area (Å²) in [5, 5.41) is 0.370. The van der Waals surface area contributed by atoms with E-state index in [4.69, 9.17) is 4.74 Å². The largest absolute Gasteiger partial charge is 0.452 e. The summed E-state index contributed by atoms with van der Waals surface area (Å²) in [6.07, 6.45) is 3.59. The molecule has 0 spiro atoms. The number of thiol groups is 1. The number of benzene rings is 1. The maximum atomic E-state index is 12.3. The number of aromatic nitrogens is 2. The molecule has 3 aromatic rings. The molecular formula is C22H27N3O4S2. The number of rotatable bonds is 7. The Labute approximate surface area is 188 Å². The minimum Gasteiger partial charge on any atom is -0.452 e. The fourth-order valence-electron chi connectivity index (χ4n) is 3.45. The lowest BCUT2D eigenvalue weighted by Gasteiger charge is -2.15. The Morgan fingerprint density at radius 2 is 1.90 bits per heavy atom. The summed E-state index contributed by atoms with van der Waals surface area (Å²) in [4.78, 5) is 17.6. The summed E-state index contributed by atoms with van der Waals surface area (Å²) in [5.74, 6) is 1.33. The number of methoxy groups -OCH3 is 1. The Hall–Kier alpha value is -2.65. The summed E-state index contributed by atoms with van der Waals surface area (Å²) in [7, 11) is -2.01. The van der Waals surface area contributed by atoms with Gasteiger partial charge in [0.1, 0.15) is 10.8 Å². The van der Waals surface area contributed by atoms with Crippen LogP contribution >= 0.6 is 11.3 Å². The number of carbonyl (C=O) groups is 1. The van der Waals surface area contributed by atoms with E-state index in [9.17, 15) is 13.2 Å². The average Bonchev–Trinajstić information content (AvgIpc) is 3.25. The number of aryl methyl sites for hydroxylation is 1. The Bertz CT molecular complexity index is 1140. The first-order valence-electron chi connectivity index (χ1n) is 9.94. The number of carbonyl (C=O) groups excluding carboxylic acids is 1. The van der Waals surface area contributed by atoms with E-state index < -0.39 is 17.0 Å². The zero-order valence-corrected chi connectivity index (χ0v) is 20.0. The van der Waals surface area contributed by atoms with Gasteiger partial charge >= 0.3 is 6.09 Å². The second-order valence-electron chi connectivity index (χ2n) is 7.75. The van der Waals surface area contributed by atoms with Gasteiger partial charge in [-0.3, -0.25) is 0 Å². The summed E-state index contributed by atoms with van der Waals surface area (Å²) < 4.78 is 31.4. The maximum absolute atomic E-state index is 12.3. The summed E-state index contributed by atoms with van der Waals surface area (Å²) in [6.45, 7) is 8.84. The number of hydrogen-bond acceptors (Lipinski definition) is 6. The molecule has 0 aliphatic heterocycles. The molecule has 0 aliphatic rings. The van der Waals surface area contributed by atoms with Crippen LogP contribution < -0.4 is 4.31 Å². The van der Waals surface area contributed by atoms with Gasteiger partial charge in [-0.15, -0.1) is 11.3 Å². The van der Waals surface area contributed by atoms with Crippen molar-refractivity contribution in [2.45, 2.75) is 40.7 Å². The van der Waals surface area contributed by atoms with Crippen LogP contribution in [0.2, 0.25) is 0 Å². The van der Waals surface area contributed by atoms with Crippen molar-refractivity contribution in [2.75, 3.05) is 11.4 Å². The first-order chi connectivity index (χ1) is 14.7. The van der Waals surface area contributed by atoms with Gasteiger partial charge in [-0.1, -0.05) is 38.1 Å². The normalized spacial score (nSPS) is 11.3. The smallest absolute Gasteiger partial charge is 0.428 e. The van der Waals surface area contributed by atoms with Crippen molar-refractivity contribution >= 4 is 33.3 Å². The predicted octanol–water partition coefficient (Wildman–Crippen LogP) is 4.57. The maximum Gasteiger partial charge on any atom is 0.428 e. The first-order valence-corrected chi connectivity index (χ1v) is 11.9. The number of ether oxygens (including phenoxy) is 1. The number of amides is 1. The Kier molecular flexibility index (Phi) is 7.17. The van der Waals surface area contributed by atoms with Crippen LogP contribution in [0.15, 0.2) is 36.7 Å². The van der Waals surface area contributed by atoms with Crippen molar-refractivity contribution in [3.8, 4) is 11.1 Å². The molecule has 166 valence electrons. The molecule has 0 N–H and O–H groups in total. The zero-order chi connectivity index (χ0) is 22.7. The average molecular weight is 462 g/mol. The molecular weight excluding hydrogens is 434 g/mol. The molecule has 2 aromatic heterocycles. The van der Waals surface area contributed by atoms with Crippen LogP contribution in [0, 0.1) is 19.8 Å². The van der Waals surface area contributed by atoms with Gasteiger partial charge in [-0.05, 0) is 42.9 Å². The van der Waals surface area contributed by atoms with Crippen LogP contribution in [0.4, 0.5) is 9.80 Å². The van der Waals surface area contributed by atoms with E-state index in [1.54, 1.807) is 6.20 Å². The third-order valence-electron chi connectivity index (χ3n) is 5.04. The van der Waals surface area contributed by atoms with E-state index in [2.05, 4.69) is 23.4 Å². The molecule has 1 aromatic carbocycles. The standard InChI is InChI=1S/C22H27N3O4S2/c1-14(2)12-19-15(3)20(21(30-19)25(31(27)28)22(26)29-5)18-8-6-17(7-9-18)13-24-11-10-23-16(24)4/h6-11,14,31H,12-13H2,1-5H3. The van der Waals surface area contributed by atoms with Gasteiger partial charge in [-0.25, -0.2) is 18.2 Å². The van der Waals surface area contributed by atoms with Crippen molar-refractivity contribution < 1.29 is 17.9 Å². The Morgan fingerprint density at radius 3 is 2.42 bits per heavy atom. The molecule has 0 atom stereocenters. The molecule has 0 unspecified atom stereocenters.